The van der Waals surface area contributed by atoms with E-state index >= 15 is 0 Å². The Labute approximate surface area is 103 Å². The minimum atomic E-state index is -0.229. The molecule has 1 amide bonds. The van der Waals surface area contributed by atoms with Crippen molar-refractivity contribution >= 4 is 5.91 Å². The summed E-state index contributed by atoms with van der Waals surface area (Å²) in [4.78, 5) is 13.0. The highest BCUT2D eigenvalue weighted by molar-refractivity contribution is 5.75. The van der Waals surface area contributed by atoms with E-state index in [1.165, 1.54) is 11.1 Å². The standard InChI is InChI=1S/C14H20N2O/c1-2-11-4-3-5-12(8-11)13-6-7-16(9-13)10-14(15)17/h3-5,8,13H,2,6-7,9-10H2,1H3,(H2,15,17). The van der Waals surface area contributed by atoms with E-state index in [0.717, 1.165) is 25.9 Å². The minimum absolute atomic E-state index is 0.229. The molecule has 1 aromatic rings. The number of hydrogen-bond acceptors (Lipinski definition) is 2. The zero-order valence-electron chi connectivity index (χ0n) is 10.4. The van der Waals surface area contributed by atoms with Crippen LogP contribution in [-0.2, 0) is 11.2 Å². The fourth-order valence-electron chi connectivity index (χ4n) is 2.54. The maximum absolute atomic E-state index is 10.9. The van der Waals surface area contributed by atoms with E-state index in [-0.39, 0.29) is 5.91 Å². The van der Waals surface area contributed by atoms with E-state index in [9.17, 15) is 4.79 Å². The van der Waals surface area contributed by atoms with Gasteiger partial charge in [0.25, 0.3) is 0 Å². The third-order valence-corrected chi connectivity index (χ3v) is 3.48. The van der Waals surface area contributed by atoms with Crippen molar-refractivity contribution in [2.45, 2.75) is 25.7 Å². The molecule has 1 fully saturated rings. The number of carbonyl (C=O) groups is 1. The van der Waals surface area contributed by atoms with Crippen LogP contribution < -0.4 is 5.73 Å². The second kappa shape index (κ2) is 5.32. The summed E-state index contributed by atoms with van der Waals surface area (Å²) >= 11 is 0. The second-order valence-corrected chi connectivity index (χ2v) is 4.79. The van der Waals surface area contributed by atoms with Crippen molar-refractivity contribution in [2.24, 2.45) is 5.73 Å². The van der Waals surface area contributed by atoms with Crippen LogP contribution in [-0.4, -0.2) is 30.4 Å². The summed E-state index contributed by atoms with van der Waals surface area (Å²) in [5.74, 6) is 0.328. The topological polar surface area (TPSA) is 46.3 Å². The van der Waals surface area contributed by atoms with Crippen molar-refractivity contribution in [1.29, 1.82) is 0 Å². The zero-order valence-corrected chi connectivity index (χ0v) is 10.4. The molecule has 3 heteroatoms. The van der Waals surface area contributed by atoms with Crippen molar-refractivity contribution < 1.29 is 4.79 Å². The molecule has 1 unspecified atom stereocenters. The molecule has 1 aliphatic rings. The number of likely N-dealkylation sites (tertiary alicyclic amines) is 1. The van der Waals surface area contributed by atoms with E-state index in [1.54, 1.807) is 0 Å². The molecule has 17 heavy (non-hydrogen) atoms. The van der Waals surface area contributed by atoms with E-state index < -0.39 is 0 Å². The molecular formula is C14H20N2O. The van der Waals surface area contributed by atoms with Gasteiger partial charge in [-0.1, -0.05) is 31.2 Å². The Morgan fingerprint density at radius 1 is 1.53 bits per heavy atom. The second-order valence-electron chi connectivity index (χ2n) is 4.79. The Bertz CT molecular complexity index is 403. The van der Waals surface area contributed by atoms with Crippen molar-refractivity contribution in [3.63, 3.8) is 0 Å². The third kappa shape index (κ3) is 3.07. The van der Waals surface area contributed by atoms with Crippen LogP contribution in [0.15, 0.2) is 24.3 Å². The van der Waals surface area contributed by atoms with E-state index in [1.807, 2.05) is 0 Å². The number of hydrogen-bond donors (Lipinski definition) is 1. The monoisotopic (exact) mass is 232 g/mol. The number of primary amides is 1. The van der Waals surface area contributed by atoms with Gasteiger partial charge in [0.05, 0.1) is 6.54 Å². The molecule has 0 spiro atoms. The van der Waals surface area contributed by atoms with E-state index in [2.05, 4.69) is 36.1 Å². The van der Waals surface area contributed by atoms with Crippen molar-refractivity contribution in [1.82, 2.24) is 4.90 Å². The molecule has 1 heterocycles. The molecule has 0 aromatic heterocycles. The third-order valence-electron chi connectivity index (χ3n) is 3.48. The number of nitrogens with zero attached hydrogens (tertiary/aromatic N) is 1. The summed E-state index contributed by atoms with van der Waals surface area (Å²) in [7, 11) is 0. The number of rotatable bonds is 4. The Hall–Kier alpha value is -1.35. The number of aryl methyl sites for hydroxylation is 1. The van der Waals surface area contributed by atoms with Crippen molar-refractivity contribution in [2.75, 3.05) is 19.6 Å². The van der Waals surface area contributed by atoms with Gasteiger partial charge in [-0.05, 0) is 36.4 Å². The highest BCUT2D eigenvalue weighted by Gasteiger charge is 2.24. The number of carbonyl (C=O) groups excluding carboxylic acids is 1. The van der Waals surface area contributed by atoms with Gasteiger partial charge in [0.15, 0.2) is 0 Å². The first-order chi connectivity index (χ1) is 8.19. The summed E-state index contributed by atoms with van der Waals surface area (Å²) in [6, 6.07) is 8.78. The smallest absolute Gasteiger partial charge is 0.231 e. The lowest BCUT2D eigenvalue weighted by atomic mass is 9.96. The molecule has 2 rings (SSSR count). The Morgan fingerprint density at radius 3 is 3.06 bits per heavy atom. The minimum Gasteiger partial charge on any atom is -0.369 e. The lowest BCUT2D eigenvalue weighted by molar-refractivity contribution is -0.118. The first kappa shape index (κ1) is 12.1. The summed E-state index contributed by atoms with van der Waals surface area (Å²) in [5, 5.41) is 0. The summed E-state index contributed by atoms with van der Waals surface area (Å²) in [6.45, 7) is 4.50. The first-order valence-corrected chi connectivity index (χ1v) is 6.28. The van der Waals surface area contributed by atoms with Gasteiger partial charge in [-0.25, -0.2) is 0 Å². The lowest BCUT2D eigenvalue weighted by Crippen LogP contribution is -2.31. The molecule has 1 aliphatic heterocycles. The Kier molecular flexibility index (Phi) is 3.79. The summed E-state index contributed by atoms with van der Waals surface area (Å²) in [6.07, 6.45) is 2.20. The molecule has 1 aromatic carbocycles. The van der Waals surface area contributed by atoms with Gasteiger partial charge in [-0.2, -0.15) is 0 Å². The fraction of sp³-hybridized carbons (Fsp3) is 0.500. The summed E-state index contributed by atoms with van der Waals surface area (Å²) < 4.78 is 0. The largest absolute Gasteiger partial charge is 0.369 e. The van der Waals surface area contributed by atoms with Gasteiger partial charge in [-0.15, -0.1) is 0 Å². The highest BCUT2D eigenvalue weighted by atomic mass is 16.1. The molecule has 3 nitrogen and oxygen atoms in total. The van der Waals surface area contributed by atoms with Crippen LogP contribution in [0.5, 0.6) is 0 Å². The number of nitrogens with two attached hydrogens (primary N) is 1. The molecule has 0 bridgehead atoms. The van der Waals surface area contributed by atoms with E-state index in [0.29, 0.717) is 12.5 Å². The molecule has 0 aliphatic carbocycles. The van der Waals surface area contributed by atoms with Gasteiger partial charge in [0.2, 0.25) is 5.91 Å². The maximum atomic E-state index is 10.9. The fourth-order valence-corrected chi connectivity index (χ4v) is 2.54. The van der Waals surface area contributed by atoms with Crippen molar-refractivity contribution in [3.05, 3.63) is 35.4 Å². The van der Waals surface area contributed by atoms with Crippen LogP contribution in [0.2, 0.25) is 0 Å². The molecule has 0 radical (unpaired) electrons. The van der Waals surface area contributed by atoms with Gasteiger partial charge in [0.1, 0.15) is 0 Å². The van der Waals surface area contributed by atoms with Crippen LogP contribution in [0.3, 0.4) is 0 Å². The molecule has 92 valence electrons. The van der Waals surface area contributed by atoms with Crippen molar-refractivity contribution in [3.8, 4) is 0 Å². The average molecular weight is 232 g/mol. The van der Waals surface area contributed by atoms with Gasteiger partial charge in [0, 0.05) is 6.54 Å². The van der Waals surface area contributed by atoms with Crippen LogP contribution >= 0.6 is 0 Å². The van der Waals surface area contributed by atoms with Crippen LogP contribution in [0.1, 0.15) is 30.4 Å². The normalized spacial score (nSPS) is 20.6. The predicted molar refractivity (Wildman–Crippen MR) is 68.8 cm³/mol. The first-order valence-electron chi connectivity index (χ1n) is 6.28. The quantitative estimate of drug-likeness (QED) is 0.855. The zero-order chi connectivity index (χ0) is 12.3. The maximum Gasteiger partial charge on any atom is 0.231 e. The number of benzene rings is 1. The van der Waals surface area contributed by atoms with Crippen LogP contribution in [0, 0.1) is 0 Å². The molecule has 0 saturated carbocycles. The molecular weight excluding hydrogens is 212 g/mol. The predicted octanol–water partition coefficient (Wildman–Crippen LogP) is 1.52. The van der Waals surface area contributed by atoms with E-state index in [4.69, 9.17) is 5.73 Å². The van der Waals surface area contributed by atoms with Crippen LogP contribution in [0.4, 0.5) is 0 Å². The Morgan fingerprint density at radius 2 is 2.35 bits per heavy atom. The SMILES string of the molecule is CCc1cccc(C2CCN(CC(N)=O)C2)c1. The highest BCUT2D eigenvalue weighted by Crippen LogP contribution is 2.27. The lowest BCUT2D eigenvalue weighted by Gasteiger charge is -2.14. The molecule has 2 N–H and O–H groups in total. The van der Waals surface area contributed by atoms with Crippen LogP contribution in [0.25, 0.3) is 0 Å². The number of amides is 1. The average Bonchev–Trinajstić information content (AvgIpc) is 2.77. The molecule has 1 saturated heterocycles. The molecule has 1 atom stereocenters. The van der Waals surface area contributed by atoms with Gasteiger partial charge in [-0.3, -0.25) is 9.69 Å². The summed E-state index contributed by atoms with van der Waals surface area (Å²) in [5.41, 5.74) is 8.01. The Balaban J connectivity index is 2.01. The van der Waals surface area contributed by atoms with Gasteiger partial charge >= 0.3 is 0 Å². The van der Waals surface area contributed by atoms with Gasteiger partial charge < -0.3 is 5.73 Å².